The van der Waals surface area contributed by atoms with E-state index in [0.29, 0.717) is 11.6 Å². The van der Waals surface area contributed by atoms with Gasteiger partial charge in [0.05, 0.1) is 54.6 Å². The predicted octanol–water partition coefficient (Wildman–Crippen LogP) is 30.8. The SMILES string of the molecule is c1ccc(-c2ccc(-c3cc(-c4ccc(-c5nc6cc(-c7ccccc7)ccc6c6c5sc5ccccc56)cc4)nc(-c4ccc(-c5ccccc5)cc4)n3)cc2)cc1.c1ccc(-c2ccc(-c3cc(-c4cccc(-c5nc6cc(-c7cccc8c7sc7ccccc78)ccc6c6c5sc5ccccc56)c4)nc(-c4ccccc4)n3)cc2)cc1. The first-order valence-corrected chi connectivity index (χ1v) is 42.4. The van der Waals surface area contributed by atoms with Gasteiger partial charge >= 0.3 is 0 Å². The molecule has 9 heteroatoms. The average molecular weight is 1570 g/mol. The van der Waals surface area contributed by atoms with Crippen molar-refractivity contribution in [2.45, 2.75) is 0 Å². The van der Waals surface area contributed by atoms with Crippen LogP contribution in [-0.4, -0.2) is 29.9 Å². The molecule has 0 amide bonds. The fourth-order valence-electron chi connectivity index (χ4n) is 16.6. The zero-order valence-electron chi connectivity index (χ0n) is 64.2. The molecule has 23 aromatic rings. The van der Waals surface area contributed by atoms with Crippen LogP contribution < -0.4 is 0 Å². The van der Waals surface area contributed by atoms with Gasteiger partial charge in [-0.05, 0) is 104 Å². The molecule has 0 saturated carbocycles. The Labute approximate surface area is 699 Å². The van der Waals surface area contributed by atoms with E-state index in [9.17, 15) is 0 Å². The van der Waals surface area contributed by atoms with Gasteiger partial charge in [-0.25, -0.2) is 29.9 Å². The molecule has 0 aliphatic carbocycles. The van der Waals surface area contributed by atoms with Crippen molar-refractivity contribution in [3.8, 4) is 146 Å². The standard InChI is InChI=1S/C55H33N3S2.C55H35N3S/c1-3-13-34(14-4-1)35-25-27-36(28-26-35)46-33-47(58-55(57-46)37-15-5-2-6-16-37)39-17-11-18-40(31-39)52-54-51(45-20-8-10-24-50(45)60-54)44-30-29-38(32-48(44)56-52)41-21-12-22-43-42-19-7-9-23-49(42)59-53(41)43;1-4-12-36(13-5-1)39-20-24-41(25-21-39)48-35-49(58-55(57-48)44-30-22-40(23-31-44)37-14-6-2-7-15-37)42-26-28-43(29-27-42)53-54-52(47-18-10-11-19-51(47)59-54)46-33-32-45(34-50(46)56-53)38-16-8-3-9-17-38/h1-33H;1-35H. The van der Waals surface area contributed by atoms with Gasteiger partial charge < -0.3 is 0 Å². The lowest BCUT2D eigenvalue weighted by Crippen LogP contribution is -1.96. The Morgan fingerprint density at radius 3 is 0.941 bits per heavy atom. The number of hydrogen-bond donors (Lipinski definition) is 0. The first-order chi connectivity index (χ1) is 58.9. The fraction of sp³-hybridized carbons (Fsp3) is 0. The second-order valence-electron chi connectivity index (χ2n) is 29.9. The molecule has 16 aromatic carbocycles. The molecule has 0 aliphatic rings. The van der Waals surface area contributed by atoms with Crippen LogP contribution in [0.5, 0.6) is 0 Å². The molecule has 0 saturated heterocycles. The number of aromatic nitrogens is 6. The Morgan fingerprint density at radius 1 is 0.160 bits per heavy atom. The molecular weight excluding hydrogens is 1500 g/mol. The highest BCUT2D eigenvalue weighted by atomic mass is 32.1. The molecule has 7 aromatic heterocycles. The van der Waals surface area contributed by atoms with E-state index < -0.39 is 0 Å². The molecule has 23 rings (SSSR count). The van der Waals surface area contributed by atoms with Crippen LogP contribution >= 0.6 is 34.0 Å². The van der Waals surface area contributed by atoms with Crippen LogP contribution in [0.3, 0.4) is 0 Å². The molecule has 0 fully saturated rings. The summed E-state index contributed by atoms with van der Waals surface area (Å²) in [5.74, 6) is 1.38. The molecule has 0 bridgehead atoms. The summed E-state index contributed by atoms with van der Waals surface area (Å²) in [5, 5.41) is 9.98. The summed E-state index contributed by atoms with van der Waals surface area (Å²) >= 11 is 5.49. The van der Waals surface area contributed by atoms with E-state index in [1.165, 1.54) is 116 Å². The number of benzene rings is 16. The minimum Gasteiger partial charge on any atom is -0.246 e. The predicted molar refractivity (Wildman–Crippen MR) is 504 cm³/mol. The van der Waals surface area contributed by atoms with E-state index in [2.05, 4.69) is 376 Å². The molecular formula is C110H68N6S3. The zero-order valence-corrected chi connectivity index (χ0v) is 66.6. The lowest BCUT2D eigenvalue weighted by Gasteiger charge is -2.12. The molecule has 0 aliphatic heterocycles. The van der Waals surface area contributed by atoms with Crippen LogP contribution in [0.15, 0.2) is 413 Å². The van der Waals surface area contributed by atoms with Gasteiger partial charge in [-0.2, -0.15) is 0 Å². The summed E-state index contributed by atoms with van der Waals surface area (Å²) in [7, 11) is 0. The summed E-state index contributed by atoms with van der Waals surface area (Å²) in [6.45, 7) is 0. The topological polar surface area (TPSA) is 77.3 Å². The summed E-state index contributed by atoms with van der Waals surface area (Å²) in [6, 6.07) is 146. The first kappa shape index (κ1) is 70.8. The second-order valence-corrected chi connectivity index (χ2v) is 33.1. The molecule has 6 nitrogen and oxygen atoms in total. The third-order valence-corrected chi connectivity index (χ3v) is 26.2. The summed E-state index contributed by atoms with van der Waals surface area (Å²) in [4.78, 5) is 31.7. The van der Waals surface area contributed by atoms with Crippen LogP contribution in [0, 0.1) is 0 Å². The number of fused-ring (bicyclic) bond motifs is 13. The molecule has 119 heavy (non-hydrogen) atoms. The van der Waals surface area contributed by atoms with Crippen molar-refractivity contribution in [1.29, 1.82) is 0 Å². The smallest absolute Gasteiger partial charge is 0.160 e. The van der Waals surface area contributed by atoms with E-state index in [4.69, 9.17) is 29.9 Å². The molecule has 0 N–H and O–H groups in total. The third-order valence-electron chi connectivity index (χ3n) is 22.6. The van der Waals surface area contributed by atoms with Crippen LogP contribution in [0.4, 0.5) is 0 Å². The van der Waals surface area contributed by atoms with Crippen molar-refractivity contribution >= 4 is 116 Å². The Kier molecular flexibility index (Phi) is 18.1. The maximum atomic E-state index is 5.56. The maximum absolute atomic E-state index is 5.56. The normalized spacial score (nSPS) is 11.5. The Bertz CT molecular complexity index is 7690. The highest BCUT2D eigenvalue weighted by Gasteiger charge is 2.23. The zero-order chi connectivity index (χ0) is 78.7. The largest absolute Gasteiger partial charge is 0.246 e. The van der Waals surface area contributed by atoms with Crippen molar-refractivity contribution in [1.82, 2.24) is 29.9 Å². The molecule has 0 radical (unpaired) electrons. The minimum absolute atomic E-state index is 0.686. The van der Waals surface area contributed by atoms with Crippen molar-refractivity contribution in [3.05, 3.63) is 413 Å². The third kappa shape index (κ3) is 13.4. The van der Waals surface area contributed by atoms with Gasteiger partial charge in [0.15, 0.2) is 11.6 Å². The van der Waals surface area contributed by atoms with Crippen LogP contribution in [0.25, 0.3) is 228 Å². The molecule has 556 valence electrons. The minimum atomic E-state index is 0.686. The van der Waals surface area contributed by atoms with Crippen LogP contribution in [0.2, 0.25) is 0 Å². The van der Waals surface area contributed by atoms with Gasteiger partial charge in [-0.3, -0.25) is 0 Å². The molecule has 0 unspecified atom stereocenters. The number of nitrogens with zero attached hydrogens (tertiary/aromatic N) is 6. The van der Waals surface area contributed by atoms with E-state index in [0.717, 1.165) is 101 Å². The maximum Gasteiger partial charge on any atom is 0.160 e. The lowest BCUT2D eigenvalue weighted by molar-refractivity contribution is 1.18. The van der Waals surface area contributed by atoms with Gasteiger partial charge in [0.2, 0.25) is 0 Å². The number of hydrogen-bond acceptors (Lipinski definition) is 9. The summed E-state index contributed by atoms with van der Waals surface area (Å²) in [5.41, 5.74) is 27.4. The fourth-order valence-corrected chi connectivity index (χ4v) is 20.3. The van der Waals surface area contributed by atoms with Gasteiger partial charge in [0.25, 0.3) is 0 Å². The van der Waals surface area contributed by atoms with Gasteiger partial charge in [-0.15, -0.1) is 34.0 Å². The van der Waals surface area contributed by atoms with Gasteiger partial charge in [0, 0.05) is 106 Å². The van der Waals surface area contributed by atoms with Crippen LogP contribution in [0.1, 0.15) is 0 Å². The highest BCUT2D eigenvalue weighted by molar-refractivity contribution is 7.27. The highest BCUT2D eigenvalue weighted by Crippen LogP contribution is 2.48. The van der Waals surface area contributed by atoms with Gasteiger partial charge in [-0.1, -0.05) is 364 Å². The Balaban J connectivity index is 0.000000143. The summed E-state index contributed by atoms with van der Waals surface area (Å²) < 4.78 is 7.51. The second kappa shape index (κ2) is 30.4. The van der Waals surface area contributed by atoms with E-state index >= 15 is 0 Å². The van der Waals surface area contributed by atoms with Crippen LogP contribution in [-0.2, 0) is 0 Å². The quantitative estimate of drug-likeness (QED) is 0.114. The van der Waals surface area contributed by atoms with E-state index in [1.54, 1.807) is 0 Å². The van der Waals surface area contributed by atoms with Gasteiger partial charge in [0.1, 0.15) is 0 Å². The van der Waals surface area contributed by atoms with Crippen molar-refractivity contribution < 1.29 is 0 Å². The Morgan fingerprint density at radius 2 is 0.462 bits per heavy atom. The molecule has 0 atom stereocenters. The van der Waals surface area contributed by atoms with Crippen molar-refractivity contribution in [3.63, 3.8) is 0 Å². The lowest BCUT2D eigenvalue weighted by atomic mass is 9.97. The first-order valence-electron chi connectivity index (χ1n) is 39.9. The number of pyridine rings is 2. The van der Waals surface area contributed by atoms with Crippen molar-refractivity contribution in [2.75, 3.05) is 0 Å². The van der Waals surface area contributed by atoms with Crippen molar-refractivity contribution in [2.24, 2.45) is 0 Å². The summed E-state index contributed by atoms with van der Waals surface area (Å²) in [6.07, 6.45) is 0. The molecule has 7 heterocycles. The monoisotopic (exact) mass is 1570 g/mol. The molecule has 0 spiro atoms. The average Bonchev–Trinajstić information content (AvgIpc) is 1.61. The van der Waals surface area contributed by atoms with E-state index in [-0.39, 0.29) is 0 Å². The van der Waals surface area contributed by atoms with E-state index in [1.807, 2.05) is 70.4 Å². The Hall–Kier alpha value is -14.8. The number of thiophene rings is 3. The number of rotatable bonds is 13.